The van der Waals surface area contributed by atoms with Crippen LogP contribution in [0, 0.1) is 11.7 Å². The molecule has 9 nitrogen and oxygen atoms in total. The summed E-state index contributed by atoms with van der Waals surface area (Å²) in [5.41, 5.74) is 6.87. The molecule has 1 saturated heterocycles. The van der Waals surface area contributed by atoms with Crippen LogP contribution in [-0.4, -0.2) is 64.7 Å². The van der Waals surface area contributed by atoms with Gasteiger partial charge in [0.05, 0.1) is 12.6 Å². The van der Waals surface area contributed by atoms with Crippen molar-refractivity contribution in [1.82, 2.24) is 15.1 Å². The number of nitrogens with two attached hydrogens (primary N) is 1. The topological polar surface area (TPSA) is 119 Å². The summed E-state index contributed by atoms with van der Waals surface area (Å²) in [4.78, 5) is 41.1. The number of aromatic nitrogens is 2. The van der Waals surface area contributed by atoms with Crippen molar-refractivity contribution in [3.05, 3.63) is 53.0 Å². The number of hydrogen-bond donors (Lipinski definition) is 1. The van der Waals surface area contributed by atoms with Gasteiger partial charge in [0.15, 0.2) is 11.5 Å². The van der Waals surface area contributed by atoms with Crippen molar-refractivity contribution in [2.75, 3.05) is 24.6 Å². The number of anilines is 1. The second-order valence-electron chi connectivity index (χ2n) is 8.44. The minimum Gasteiger partial charge on any atom is -0.461 e. The minimum absolute atomic E-state index is 0.124. The monoisotopic (exact) mass is 439 g/mol. The molecule has 32 heavy (non-hydrogen) atoms. The Bertz CT molecular complexity index is 1090. The summed E-state index contributed by atoms with van der Waals surface area (Å²) in [5.74, 6) is -0.976. The number of fused-ring (bicyclic) bond motifs is 3. The number of benzene rings is 1. The first-order valence-corrected chi connectivity index (χ1v) is 10.6. The van der Waals surface area contributed by atoms with Crippen LogP contribution < -0.4 is 10.6 Å². The number of hydrogen-bond acceptors (Lipinski definition) is 7. The number of ether oxygens (including phenoxy) is 1. The number of esters is 1. The van der Waals surface area contributed by atoms with Gasteiger partial charge in [0.25, 0.3) is 5.91 Å². The SMILES string of the molecule is NC(=O)C1C2Cc3cc(C(=O)OCC4CC4)nnc3N2CCN1C(=O)c1ccc(F)cc1. The lowest BCUT2D eigenvalue weighted by Crippen LogP contribution is -2.64. The Balaban J connectivity index is 1.37. The first-order valence-electron chi connectivity index (χ1n) is 10.6. The van der Waals surface area contributed by atoms with Crippen LogP contribution in [0.1, 0.15) is 39.3 Å². The van der Waals surface area contributed by atoms with E-state index in [0.717, 1.165) is 18.4 Å². The molecule has 0 radical (unpaired) electrons. The minimum atomic E-state index is -0.902. The first kappa shape index (κ1) is 20.3. The number of halogens is 1. The molecule has 3 heterocycles. The van der Waals surface area contributed by atoms with Gasteiger partial charge < -0.3 is 20.3 Å². The van der Waals surface area contributed by atoms with E-state index in [2.05, 4.69) is 10.2 Å². The lowest BCUT2D eigenvalue weighted by Gasteiger charge is -2.43. The zero-order valence-corrected chi connectivity index (χ0v) is 17.2. The molecule has 2 atom stereocenters. The summed E-state index contributed by atoms with van der Waals surface area (Å²) in [6.45, 7) is 1.05. The third kappa shape index (κ3) is 3.65. The van der Waals surface area contributed by atoms with Crippen LogP contribution in [0.15, 0.2) is 30.3 Å². The predicted octanol–water partition coefficient (Wildman–Crippen LogP) is 0.923. The zero-order valence-electron chi connectivity index (χ0n) is 17.2. The van der Waals surface area contributed by atoms with E-state index in [9.17, 15) is 18.8 Å². The number of piperazine rings is 1. The summed E-state index contributed by atoms with van der Waals surface area (Å²) in [5, 5.41) is 8.24. The molecule has 2 aromatic rings. The highest BCUT2D eigenvalue weighted by atomic mass is 19.1. The van der Waals surface area contributed by atoms with Gasteiger partial charge in [-0.2, -0.15) is 0 Å². The zero-order chi connectivity index (χ0) is 22.4. The first-order chi connectivity index (χ1) is 15.4. The van der Waals surface area contributed by atoms with Crippen LogP contribution in [0.4, 0.5) is 10.2 Å². The van der Waals surface area contributed by atoms with Gasteiger partial charge in [0.1, 0.15) is 11.9 Å². The van der Waals surface area contributed by atoms with E-state index in [-0.39, 0.29) is 23.7 Å². The van der Waals surface area contributed by atoms with Gasteiger partial charge in [0.2, 0.25) is 5.91 Å². The number of carbonyl (C=O) groups is 3. The Morgan fingerprint density at radius 2 is 1.88 bits per heavy atom. The highest BCUT2D eigenvalue weighted by molar-refractivity contribution is 5.98. The van der Waals surface area contributed by atoms with Crippen molar-refractivity contribution >= 4 is 23.6 Å². The van der Waals surface area contributed by atoms with Gasteiger partial charge >= 0.3 is 5.97 Å². The molecular weight excluding hydrogens is 417 g/mol. The standard InChI is InChI=1S/C22H22FN5O4/c23-15-5-3-13(4-6-15)21(30)28-8-7-27-17(18(28)19(24)29)10-14-9-16(25-26-20(14)27)22(31)32-11-12-1-2-12/h3-6,9,12,17-18H,1-2,7-8,10-11H2,(H2,24,29). The van der Waals surface area contributed by atoms with Crippen LogP contribution in [0.3, 0.4) is 0 Å². The molecule has 2 aliphatic heterocycles. The second kappa shape index (κ2) is 7.85. The van der Waals surface area contributed by atoms with E-state index in [1.807, 2.05) is 4.90 Å². The van der Waals surface area contributed by atoms with Gasteiger partial charge in [0, 0.05) is 24.2 Å². The Hall–Kier alpha value is -3.56. The van der Waals surface area contributed by atoms with Gasteiger partial charge in [-0.1, -0.05) is 0 Å². The highest BCUT2D eigenvalue weighted by Crippen LogP contribution is 2.36. The highest BCUT2D eigenvalue weighted by Gasteiger charge is 2.47. The molecular formula is C22H22FN5O4. The molecule has 2 N–H and O–H groups in total. The predicted molar refractivity (Wildman–Crippen MR) is 110 cm³/mol. The van der Waals surface area contributed by atoms with Crippen molar-refractivity contribution in [3.63, 3.8) is 0 Å². The van der Waals surface area contributed by atoms with Gasteiger partial charge in [-0.3, -0.25) is 9.59 Å². The largest absolute Gasteiger partial charge is 0.461 e. The van der Waals surface area contributed by atoms with Crippen molar-refractivity contribution in [1.29, 1.82) is 0 Å². The number of nitrogens with zero attached hydrogens (tertiary/aromatic N) is 4. The van der Waals surface area contributed by atoms with Crippen LogP contribution in [0.25, 0.3) is 0 Å². The Labute approximate surface area is 183 Å². The Morgan fingerprint density at radius 3 is 2.56 bits per heavy atom. The number of rotatable bonds is 5. The lowest BCUT2D eigenvalue weighted by atomic mass is 9.97. The van der Waals surface area contributed by atoms with Crippen molar-refractivity contribution in [2.45, 2.75) is 31.3 Å². The van der Waals surface area contributed by atoms with Crippen LogP contribution in [-0.2, 0) is 16.0 Å². The number of amides is 2. The molecule has 10 heteroatoms. The van der Waals surface area contributed by atoms with E-state index >= 15 is 0 Å². The molecule has 1 aromatic heterocycles. The van der Waals surface area contributed by atoms with E-state index in [4.69, 9.17) is 10.5 Å². The molecule has 3 aliphatic rings. The molecule has 0 spiro atoms. The van der Waals surface area contributed by atoms with E-state index in [1.54, 1.807) is 6.07 Å². The molecule has 2 amide bonds. The van der Waals surface area contributed by atoms with Crippen LogP contribution in [0.5, 0.6) is 0 Å². The quantitative estimate of drug-likeness (QED) is 0.688. The van der Waals surface area contributed by atoms with Gasteiger partial charge in [-0.15, -0.1) is 10.2 Å². The summed E-state index contributed by atoms with van der Waals surface area (Å²) >= 11 is 0. The third-order valence-corrected chi connectivity index (χ3v) is 6.23. The molecule has 1 aliphatic carbocycles. The summed E-state index contributed by atoms with van der Waals surface area (Å²) in [6, 6.07) is 5.49. The number of carbonyl (C=O) groups excluding carboxylic acids is 3. The fourth-order valence-electron chi connectivity index (χ4n) is 4.41. The molecule has 166 valence electrons. The maximum atomic E-state index is 13.3. The number of primary amides is 1. The Kier molecular flexibility index (Phi) is 4.99. The summed E-state index contributed by atoms with van der Waals surface area (Å²) in [6.07, 6.45) is 2.53. The molecule has 2 fully saturated rings. The average molecular weight is 439 g/mol. The average Bonchev–Trinajstić information content (AvgIpc) is 3.55. The Morgan fingerprint density at radius 1 is 1.12 bits per heavy atom. The molecule has 1 aromatic carbocycles. The normalized spacial score (nSPS) is 21.7. The fourth-order valence-corrected chi connectivity index (χ4v) is 4.41. The maximum Gasteiger partial charge on any atom is 0.358 e. The van der Waals surface area contributed by atoms with Crippen molar-refractivity contribution in [2.24, 2.45) is 11.7 Å². The fraction of sp³-hybridized carbons (Fsp3) is 0.409. The van der Waals surface area contributed by atoms with E-state index < -0.39 is 29.8 Å². The van der Waals surface area contributed by atoms with E-state index in [1.165, 1.54) is 29.2 Å². The van der Waals surface area contributed by atoms with Crippen LogP contribution >= 0.6 is 0 Å². The van der Waals surface area contributed by atoms with Gasteiger partial charge in [-0.05, 0) is 55.5 Å². The lowest BCUT2D eigenvalue weighted by molar-refractivity contribution is -0.123. The molecule has 0 bridgehead atoms. The van der Waals surface area contributed by atoms with Gasteiger partial charge in [-0.25, -0.2) is 9.18 Å². The summed E-state index contributed by atoms with van der Waals surface area (Å²) < 4.78 is 18.5. The second-order valence-corrected chi connectivity index (χ2v) is 8.44. The van der Waals surface area contributed by atoms with Crippen molar-refractivity contribution in [3.8, 4) is 0 Å². The molecule has 2 unspecified atom stereocenters. The van der Waals surface area contributed by atoms with Crippen molar-refractivity contribution < 1.29 is 23.5 Å². The third-order valence-electron chi connectivity index (χ3n) is 6.23. The maximum absolute atomic E-state index is 13.3. The molecule has 1 saturated carbocycles. The smallest absolute Gasteiger partial charge is 0.358 e. The molecule has 5 rings (SSSR count). The van der Waals surface area contributed by atoms with E-state index in [0.29, 0.717) is 31.3 Å². The summed E-state index contributed by atoms with van der Waals surface area (Å²) in [7, 11) is 0. The van der Waals surface area contributed by atoms with Crippen LogP contribution in [0.2, 0.25) is 0 Å².